The molecule has 1 N–H and O–H groups in total. The Balaban J connectivity index is 1.93. The smallest absolute Gasteiger partial charge is 0.253 e. The number of hydrogen-bond acceptors (Lipinski definition) is 2. The van der Waals surface area contributed by atoms with Gasteiger partial charge in [-0.2, -0.15) is 0 Å². The molecule has 0 atom stereocenters. The Hall–Kier alpha value is -1.35. The summed E-state index contributed by atoms with van der Waals surface area (Å²) < 4.78 is 0. The summed E-state index contributed by atoms with van der Waals surface area (Å²) in [6.45, 7) is 7.00. The number of hydrogen-bond donors (Lipinski definition) is 1. The Morgan fingerprint density at radius 2 is 1.84 bits per heavy atom. The quantitative estimate of drug-likeness (QED) is 0.902. The molecule has 1 amide bonds. The second kappa shape index (κ2) is 6.71. The van der Waals surface area contributed by atoms with Crippen LogP contribution in [0.4, 0.5) is 0 Å². The van der Waals surface area contributed by atoms with Crippen LogP contribution in [0.1, 0.15) is 42.6 Å². The number of aryl methyl sites for hydroxylation is 1. The summed E-state index contributed by atoms with van der Waals surface area (Å²) in [7, 11) is 0. The molecule has 3 nitrogen and oxygen atoms in total. The highest BCUT2D eigenvalue weighted by Crippen LogP contribution is 2.14. The summed E-state index contributed by atoms with van der Waals surface area (Å²) in [4.78, 5) is 14.4. The number of likely N-dealkylation sites (tertiary alicyclic amines) is 1. The number of carbonyl (C=O) groups is 1. The standard InChI is InChI=1S/C16H24N2O/c1-3-13-5-7-14(8-6-13)16(19)18-11-9-15(10-12-18)17-4-2/h5-8,15,17H,3-4,9-12H2,1-2H3. The third-order valence-electron chi connectivity index (χ3n) is 3.88. The van der Waals surface area contributed by atoms with Crippen LogP contribution < -0.4 is 5.32 Å². The predicted octanol–water partition coefficient (Wildman–Crippen LogP) is 2.46. The molecule has 0 bridgehead atoms. The van der Waals surface area contributed by atoms with Crippen LogP contribution in [-0.4, -0.2) is 36.5 Å². The molecule has 19 heavy (non-hydrogen) atoms. The van der Waals surface area contributed by atoms with E-state index in [0.29, 0.717) is 6.04 Å². The van der Waals surface area contributed by atoms with Crippen molar-refractivity contribution < 1.29 is 4.79 Å². The van der Waals surface area contributed by atoms with E-state index in [2.05, 4.69) is 31.3 Å². The molecular formula is C16H24N2O. The van der Waals surface area contributed by atoms with E-state index in [1.165, 1.54) is 5.56 Å². The summed E-state index contributed by atoms with van der Waals surface area (Å²) in [5.74, 6) is 0.178. The fourth-order valence-electron chi connectivity index (χ4n) is 2.64. The molecule has 104 valence electrons. The maximum Gasteiger partial charge on any atom is 0.253 e. The molecule has 1 heterocycles. The van der Waals surface area contributed by atoms with Crippen LogP contribution in [0.2, 0.25) is 0 Å². The van der Waals surface area contributed by atoms with Crippen molar-refractivity contribution in [3.8, 4) is 0 Å². The van der Waals surface area contributed by atoms with Crippen LogP contribution in [0.25, 0.3) is 0 Å². The van der Waals surface area contributed by atoms with Crippen LogP contribution in [0, 0.1) is 0 Å². The maximum atomic E-state index is 12.4. The Labute approximate surface area is 116 Å². The predicted molar refractivity (Wildman–Crippen MR) is 78.4 cm³/mol. The van der Waals surface area contributed by atoms with Crippen molar-refractivity contribution in [3.63, 3.8) is 0 Å². The Morgan fingerprint density at radius 3 is 2.37 bits per heavy atom. The van der Waals surface area contributed by atoms with Crippen molar-refractivity contribution in [2.75, 3.05) is 19.6 Å². The summed E-state index contributed by atoms with van der Waals surface area (Å²) in [6, 6.07) is 8.60. The van der Waals surface area contributed by atoms with E-state index in [-0.39, 0.29) is 5.91 Å². The van der Waals surface area contributed by atoms with Crippen LogP contribution in [0.15, 0.2) is 24.3 Å². The van der Waals surface area contributed by atoms with Gasteiger partial charge in [0.05, 0.1) is 0 Å². The molecular weight excluding hydrogens is 236 g/mol. The van der Waals surface area contributed by atoms with E-state index in [0.717, 1.165) is 44.5 Å². The van der Waals surface area contributed by atoms with E-state index < -0.39 is 0 Å². The third kappa shape index (κ3) is 3.57. The van der Waals surface area contributed by atoms with Gasteiger partial charge in [-0.15, -0.1) is 0 Å². The van der Waals surface area contributed by atoms with Gasteiger partial charge >= 0.3 is 0 Å². The highest BCUT2D eigenvalue weighted by atomic mass is 16.2. The summed E-state index contributed by atoms with van der Waals surface area (Å²) in [6.07, 6.45) is 3.14. The fourth-order valence-corrected chi connectivity index (χ4v) is 2.64. The van der Waals surface area contributed by atoms with Gasteiger partial charge in [-0.1, -0.05) is 26.0 Å². The van der Waals surface area contributed by atoms with Crippen LogP contribution in [0.3, 0.4) is 0 Å². The third-order valence-corrected chi connectivity index (χ3v) is 3.88. The van der Waals surface area contributed by atoms with Gasteiger partial charge in [-0.25, -0.2) is 0 Å². The molecule has 1 aromatic rings. The summed E-state index contributed by atoms with van der Waals surface area (Å²) >= 11 is 0. The first-order valence-electron chi connectivity index (χ1n) is 7.36. The number of carbonyl (C=O) groups excluding carboxylic acids is 1. The lowest BCUT2D eigenvalue weighted by atomic mass is 10.0. The zero-order valence-electron chi connectivity index (χ0n) is 12.0. The molecule has 1 fully saturated rings. The minimum atomic E-state index is 0.178. The topological polar surface area (TPSA) is 32.3 Å². The van der Waals surface area contributed by atoms with Crippen LogP contribution >= 0.6 is 0 Å². The SMILES string of the molecule is CCNC1CCN(C(=O)c2ccc(CC)cc2)CC1. The van der Waals surface area contributed by atoms with E-state index in [1.54, 1.807) is 0 Å². The van der Waals surface area contributed by atoms with Gasteiger partial charge in [0, 0.05) is 24.7 Å². The van der Waals surface area contributed by atoms with Crippen molar-refractivity contribution in [2.45, 2.75) is 39.2 Å². The summed E-state index contributed by atoms with van der Waals surface area (Å²) in [5, 5.41) is 3.46. The molecule has 1 aliphatic heterocycles. The summed E-state index contributed by atoms with van der Waals surface area (Å²) in [5.41, 5.74) is 2.10. The van der Waals surface area contributed by atoms with Gasteiger partial charge in [-0.3, -0.25) is 4.79 Å². The molecule has 0 spiro atoms. The lowest BCUT2D eigenvalue weighted by Crippen LogP contribution is -2.44. The monoisotopic (exact) mass is 260 g/mol. The first-order valence-corrected chi connectivity index (χ1v) is 7.36. The molecule has 3 heteroatoms. The Morgan fingerprint density at radius 1 is 1.21 bits per heavy atom. The van der Waals surface area contributed by atoms with E-state index in [4.69, 9.17) is 0 Å². The second-order valence-corrected chi connectivity index (χ2v) is 5.17. The molecule has 0 radical (unpaired) electrons. The largest absolute Gasteiger partial charge is 0.339 e. The van der Waals surface area contributed by atoms with Crippen molar-refractivity contribution in [1.82, 2.24) is 10.2 Å². The van der Waals surface area contributed by atoms with Gasteiger partial charge in [0.25, 0.3) is 5.91 Å². The first kappa shape index (κ1) is 14.1. The normalized spacial score (nSPS) is 16.6. The number of rotatable bonds is 4. The van der Waals surface area contributed by atoms with Crippen LogP contribution in [0.5, 0.6) is 0 Å². The second-order valence-electron chi connectivity index (χ2n) is 5.17. The molecule has 0 unspecified atom stereocenters. The van der Waals surface area contributed by atoms with Gasteiger partial charge in [0.2, 0.25) is 0 Å². The zero-order chi connectivity index (χ0) is 13.7. The first-order chi connectivity index (χ1) is 9.24. The maximum absolute atomic E-state index is 12.4. The number of piperidine rings is 1. The molecule has 0 aromatic heterocycles. The zero-order valence-corrected chi connectivity index (χ0v) is 12.0. The molecule has 1 aromatic carbocycles. The van der Waals surface area contributed by atoms with Gasteiger partial charge in [0.15, 0.2) is 0 Å². The van der Waals surface area contributed by atoms with E-state index >= 15 is 0 Å². The number of amides is 1. The van der Waals surface area contributed by atoms with E-state index in [1.807, 2.05) is 17.0 Å². The van der Waals surface area contributed by atoms with Gasteiger partial charge in [0.1, 0.15) is 0 Å². The van der Waals surface area contributed by atoms with Crippen molar-refractivity contribution in [2.24, 2.45) is 0 Å². The van der Waals surface area contributed by atoms with Crippen LogP contribution in [-0.2, 0) is 6.42 Å². The van der Waals surface area contributed by atoms with Crippen molar-refractivity contribution in [1.29, 1.82) is 0 Å². The van der Waals surface area contributed by atoms with Crippen molar-refractivity contribution >= 4 is 5.91 Å². The molecule has 0 saturated carbocycles. The average molecular weight is 260 g/mol. The van der Waals surface area contributed by atoms with E-state index in [9.17, 15) is 4.79 Å². The molecule has 2 rings (SSSR count). The number of nitrogens with one attached hydrogen (secondary N) is 1. The number of nitrogens with zero attached hydrogens (tertiary/aromatic N) is 1. The highest BCUT2D eigenvalue weighted by Gasteiger charge is 2.22. The minimum absolute atomic E-state index is 0.178. The molecule has 0 aliphatic carbocycles. The van der Waals surface area contributed by atoms with Gasteiger partial charge in [-0.05, 0) is 43.5 Å². The lowest BCUT2D eigenvalue weighted by Gasteiger charge is -2.32. The van der Waals surface area contributed by atoms with Gasteiger partial charge < -0.3 is 10.2 Å². The Kier molecular flexibility index (Phi) is 4.97. The fraction of sp³-hybridized carbons (Fsp3) is 0.562. The highest BCUT2D eigenvalue weighted by molar-refractivity contribution is 5.94. The molecule has 1 saturated heterocycles. The molecule has 1 aliphatic rings. The average Bonchev–Trinajstić information content (AvgIpc) is 2.48. The Bertz CT molecular complexity index is 405. The number of benzene rings is 1. The van der Waals surface area contributed by atoms with Crippen molar-refractivity contribution in [3.05, 3.63) is 35.4 Å². The minimum Gasteiger partial charge on any atom is -0.339 e. The lowest BCUT2D eigenvalue weighted by molar-refractivity contribution is 0.0706.